The summed E-state index contributed by atoms with van der Waals surface area (Å²) in [5, 5.41) is 13.2. The van der Waals surface area contributed by atoms with Gasteiger partial charge in [-0.2, -0.15) is 0 Å². The molecule has 6 rings (SSSR count). The van der Waals surface area contributed by atoms with Crippen molar-refractivity contribution in [1.82, 2.24) is 25.5 Å². The van der Waals surface area contributed by atoms with Crippen LogP contribution in [-0.2, 0) is 4.79 Å². The summed E-state index contributed by atoms with van der Waals surface area (Å²) < 4.78 is 0. The molecular weight excluding hydrogens is 488 g/mol. The van der Waals surface area contributed by atoms with Crippen molar-refractivity contribution in [3.63, 3.8) is 0 Å². The molecule has 3 aliphatic heterocycles. The topological polar surface area (TPSA) is 97.5 Å². The predicted octanol–water partition coefficient (Wildman–Crippen LogP) is 3.45. The quantitative estimate of drug-likeness (QED) is 0.355. The first-order chi connectivity index (χ1) is 19.2. The molecule has 1 amide bonds. The summed E-state index contributed by atoms with van der Waals surface area (Å²) in [4.78, 5) is 26.6. The number of piperazine rings is 1. The van der Waals surface area contributed by atoms with Crippen LogP contribution in [0.25, 0.3) is 11.3 Å². The molecule has 4 N–H and O–H groups in total. The number of nitrogens with one attached hydrogen (secondary N) is 4. The minimum absolute atomic E-state index is 0.0268. The van der Waals surface area contributed by atoms with E-state index < -0.39 is 0 Å². The highest BCUT2D eigenvalue weighted by Gasteiger charge is 2.23. The highest BCUT2D eigenvalue weighted by molar-refractivity contribution is 5.95. The van der Waals surface area contributed by atoms with Crippen LogP contribution in [0.15, 0.2) is 60.8 Å². The largest absolute Gasteiger partial charge is 0.369 e. The molecule has 39 heavy (non-hydrogen) atoms. The molecule has 0 bridgehead atoms. The van der Waals surface area contributed by atoms with Crippen molar-refractivity contribution in [2.75, 3.05) is 61.3 Å². The molecule has 2 unspecified atom stereocenters. The zero-order valence-electron chi connectivity index (χ0n) is 22.4. The fourth-order valence-electron chi connectivity index (χ4n) is 5.74. The minimum Gasteiger partial charge on any atom is -0.369 e. The van der Waals surface area contributed by atoms with Crippen molar-refractivity contribution in [2.24, 2.45) is 0 Å². The Balaban J connectivity index is 1.02. The first-order valence-electron chi connectivity index (χ1n) is 14.3. The summed E-state index contributed by atoms with van der Waals surface area (Å²) in [6, 6.07) is 18.8. The second kappa shape index (κ2) is 12.1. The fourth-order valence-corrected chi connectivity index (χ4v) is 5.74. The van der Waals surface area contributed by atoms with Crippen molar-refractivity contribution < 1.29 is 4.79 Å². The molecule has 9 nitrogen and oxygen atoms in total. The first kappa shape index (κ1) is 25.7. The lowest BCUT2D eigenvalue weighted by atomic mass is 10.1. The molecule has 0 aliphatic carbocycles. The second-order valence-corrected chi connectivity index (χ2v) is 10.7. The van der Waals surface area contributed by atoms with Crippen molar-refractivity contribution in [3.05, 3.63) is 60.8 Å². The molecule has 9 heteroatoms. The molecule has 204 valence electrons. The van der Waals surface area contributed by atoms with Gasteiger partial charge in [-0.3, -0.25) is 9.69 Å². The fraction of sp³-hybridized carbons (Fsp3) is 0.433. The third-order valence-electron chi connectivity index (χ3n) is 7.98. The van der Waals surface area contributed by atoms with Gasteiger partial charge in [0.2, 0.25) is 11.9 Å². The van der Waals surface area contributed by atoms with Gasteiger partial charge in [0, 0.05) is 67.6 Å². The van der Waals surface area contributed by atoms with E-state index >= 15 is 0 Å². The Morgan fingerprint density at radius 3 is 2.33 bits per heavy atom. The van der Waals surface area contributed by atoms with Gasteiger partial charge in [0.1, 0.15) is 0 Å². The minimum atomic E-state index is -0.0940. The number of rotatable bonds is 8. The van der Waals surface area contributed by atoms with E-state index in [9.17, 15) is 4.79 Å². The monoisotopic (exact) mass is 526 g/mol. The van der Waals surface area contributed by atoms with Crippen molar-refractivity contribution >= 4 is 28.9 Å². The Bertz CT molecular complexity index is 1230. The van der Waals surface area contributed by atoms with E-state index in [0.717, 1.165) is 68.2 Å². The maximum atomic E-state index is 12.4. The summed E-state index contributed by atoms with van der Waals surface area (Å²) in [7, 11) is 0. The molecule has 0 saturated carbocycles. The molecule has 0 radical (unpaired) electrons. The van der Waals surface area contributed by atoms with E-state index in [2.05, 4.69) is 60.3 Å². The number of benzene rings is 2. The lowest BCUT2D eigenvalue weighted by Crippen LogP contribution is -2.49. The van der Waals surface area contributed by atoms with Gasteiger partial charge in [0.05, 0.1) is 11.7 Å². The van der Waals surface area contributed by atoms with Gasteiger partial charge in [-0.1, -0.05) is 12.1 Å². The first-order valence-corrected chi connectivity index (χ1v) is 14.3. The summed E-state index contributed by atoms with van der Waals surface area (Å²) in [5.41, 5.74) is 4.79. The Hall–Kier alpha value is -3.53. The normalized spacial score (nSPS) is 21.7. The number of carbonyl (C=O) groups excluding carboxylic acids is 1. The highest BCUT2D eigenvalue weighted by atomic mass is 16.2. The van der Waals surface area contributed by atoms with E-state index in [-0.39, 0.29) is 11.9 Å². The van der Waals surface area contributed by atoms with Gasteiger partial charge in [0.25, 0.3) is 0 Å². The Morgan fingerprint density at radius 2 is 1.62 bits per heavy atom. The van der Waals surface area contributed by atoms with E-state index in [4.69, 9.17) is 4.98 Å². The Morgan fingerprint density at radius 1 is 0.872 bits per heavy atom. The summed E-state index contributed by atoms with van der Waals surface area (Å²) in [5.74, 6) is 0.581. The number of amides is 1. The van der Waals surface area contributed by atoms with Crippen LogP contribution in [0.2, 0.25) is 0 Å². The number of nitrogens with zero attached hydrogens (tertiary/aromatic N) is 4. The molecule has 4 heterocycles. The number of hydrogen-bond acceptors (Lipinski definition) is 8. The molecule has 3 aromatic rings. The van der Waals surface area contributed by atoms with Crippen LogP contribution < -0.4 is 26.2 Å². The van der Waals surface area contributed by atoms with Gasteiger partial charge < -0.3 is 26.2 Å². The number of carbonyl (C=O) groups is 1. The molecule has 3 saturated heterocycles. The van der Waals surface area contributed by atoms with Crippen molar-refractivity contribution in [1.29, 1.82) is 0 Å². The smallest absolute Gasteiger partial charge is 0.241 e. The molecular formula is C30H38N8O. The lowest BCUT2D eigenvalue weighted by Gasteiger charge is -2.37. The van der Waals surface area contributed by atoms with Gasteiger partial charge in [0.15, 0.2) is 0 Å². The Labute approximate surface area is 230 Å². The third-order valence-corrected chi connectivity index (χ3v) is 7.98. The predicted molar refractivity (Wildman–Crippen MR) is 157 cm³/mol. The van der Waals surface area contributed by atoms with E-state index in [1.165, 1.54) is 31.6 Å². The van der Waals surface area contributed by atoms with Crippen LogP contribution in [0.1, 0.15) is 25.7 Å². The van der Waals surface area contributed by atoms with Crippen molar-refractivity contribution in [3.8, 4) is 11.3 Å². The SMILES string of the molecule is O=C(Nc1ccc(-c2ccnc(Nc3ccc(N4CCN(CC5CCCN5)CC4)cc3)n2)cc1)C1CCCN1. The molecule has 0 spiro atoms. The van der Waals surface area contributed by atoms with Crippen LogP contribution in [0.5, 0.6) is 0 Å². The summed E-state index contributed by atoms with van der Waals surface area (Å²) in [6.45, 7) is 7.60. The molecule has 3 fully saturated rings. The van der Waals surface area contributed by atoms with Gasteiger partial charge in [-0.05, 0) is 81.2 Å². The number of aromatic nitrogens is 2. The zero-order chi connectivity index (χ0) is 26.4. The van der Waals surface area contributed by atoms with E-state index in [1.54, 1.807) is 6.20 Å². The zero-order valence-corrected chi connectivity index (χ0v) is 22.4. The molecule has 1 aromatic heterocycles. The highest BCUT2D eigenvalue weighted by Crippen LogP contribution is 2.24. The molecule has 2 aromatic carbocycles. The van der Waals surface area contributed by atoms with Gasteiger partial charge >= 0.3 is 0 Å². The second-order valence-electron chi connectivity index (χ2n) is 10.7. The van der Waals surface area contributed by atoms with Crippen LogP contribution in [0.3, 0.4) is 0 Å². The van der Waals surface area contributed by atoms with Crippen molar-refractivity contribution in [2.45, 2.75) is 37.8 Å². The third kappa shape index (κ3) is 6.55. The van der Waals surface area contributed by atoms with E-state index in [1.807, 2.05) is 30.3 Å². The standard InChI is InChI=1S/C30H38N8O/c39-29(28-4-2-15-32-28)34-23-7-5-22(6-8-23)27-13-16-33-30(36-27)35-24-9-11-26(12-10-24)38-19-17-37(18-20-38)21-25-3-1-14-31-25/h5-13,16,25,28,31-32H,1-4,14-15,17-21H2,(H,34,39)(H,33,35,36). The average Bonchev–Trinajstić information content (AvgIpc) is 3.70. The Kier molecular flexibility index (Phi) is 7.99. The maximum absolute atomic E-state index is 12.4. The van der Waals surface area contributed by atoms with Gasteiger partial charge in [-0.25, -0.2) is 9.97 Å². The number of hydrogen-bond donors (Lipinski definition) is 4. The molecule has 3 aliphatic rings. The number of anilines is 4. The molecule has 2 atom stereocenters. The average molecular weight is 527 g/mol. The van der Waals surface area contributed by atoms with Crippen LogP contribution in [-0.4, -0.2) is 78.7 Å². The van der Waals surface area contributed by atoms with Crippen LogP contribution >= 0.6 is 0 Å². The van der Waals surface area contributed by atoms with Gasteiger partial charge in [-0.15, -0.1) is 0 Å². The maximum Gasteiger partial charge on any atom is 0.241 e. The summed E-state index contributed by atoms with van der Waals surface area (Å²) in [6.07, 6.45) is 6.32. The van der Waals surface area contributed by atoms with E-state index in [0.29, 0.717) is 12.0 Å². The lowest BCUT2D eigenvalue weighted by molar-refractivity contribution is -0.117. The van der Waals surface area contributed by atoms with Crippen LogP contribution in [0.4, 0.5) is 23.0 Å². The summed E-state index contributed by atoms with van der Waals surface area (Å²) >= 11 is 0. The van der Waals surface area contributed by atoms with Crippen LogP contribution in [0, 0.1) is 0 Å².